The fourth-order valence-corrected chi connectivity index (χ4v) is 2.46. The highest BCUT2D eigenvalue weighted by Crippen LogP contribution is 2.24. The molecule has 1 heterocycles. The van der Waals surface area contributed by atoms with Crippen molar-refractivity contribution < 1.29 is 29.3 Å². The number of ether oxygens (including phenoxy) is 1. The predicted molar refractivity (Wildman–Crippen MR) is 81.9 cm³/mol. The number of carboxylic acids is 2. The topological polar surface area (TPSA) is 128 Å². The molecule has 126 valence electrons. The maximum atomic E-state index is 12.2. The molecule has 0 unspecified atom stereocenters. The number of hydrogen-bond donors (Lipinski definition) is 2. The zero-order chi connectivity index (χ0) is 17.7. The van der Waals surface area contributed by atoms with Crippen LogP contribution in [0.5, 0.6) is 0 Å². The second-order valence-electron chi connectivity index (χ2n) is 5.30. The van der Waals surface area contributed by atoms with Gasteiger partial charge < -0.3 is 19.8 Å². The average Bonchev–Trinajstić information content (AvgIpc) is 2.59. The Labute approximate surface area is 137 Å². The second kappa shape index (κ2) is 7.57. The summed E-state index contributed by atoms with van der Waals surface area (Å²) in [6.45, 7) is 2.35. The van der Waals surface area contributed by atoms with Gasteiger partial charge in [0.15, 0.2) is 11.7 Å². The monoisotopic (exact) mass is 332 g/mol. The summed E-state index contributed by atoms with van der Waals surface area (Å²) in [5.74, 6) is -5.57. The minimum Gasteiger partial charge on any atom is -0.481 e. The molecule has 1 saturated heterocycles. The Balaban J connectivity index is 2.22. The SMILES string of the molecule is N#Cc1cc(C(=O)CC(C(=O)O)C(=O)O)ccc1N1CCOCC1. The Hall–Kier alpha value is -2.92. The van der Waals surface area contributed by atoms with Gasteiger partial charge in [-0.15, -0.1) is 0 Å². The summed E-state index contributed by atoms with van der Waals surface area (Å²) in [6.07, 6.45) is -0.660. The van der Waals surface area contributed by atoms with E-state index in [1.54, 1.807) is 6.07 Å². The summed E-state index contributed by atoms with van der Waals surface area (Å²) < 4.78 is 5.26. The van der Waals surface area contributed by atoms with Crippen LogP contribution in [0.4, 0.5) is 5.69 Å². The Morgan fingerprint density at radius 2 is 1.83 bits per heavy atom. The number of Topliss-reactive ketones (excluding diaryl/α,β-unsaturated/α-hetero) is 1. The molecule has 1 aromatic carbocycles. The second-order valence-corrected chi connectivity index (χ2v) is 5.30. The number of aliphatic carboxylic acids is 2. The molecule has 2 rings (SSSR count). The first kappa shape index (κ1) is 17.4. The van der Waals surface area contributed by atoms with Gasteiger partial charge in [0, 0.05) is 25.1 Å². The zero-order valence-corrected chi connectivity index (χ0v) is 12.8. The number of nitrogens with zero attached hydrogens (tertiary/aromatic N) is 2. The standard InChI is InChI=1S/C16H16N2O6/c17-9-11-7-10(14(19)8-12(15(20)21)16(22)23)1-2-13(11)18-3-5-24-6-4-18/h1-2,7,12H,3-6,8H2,(H,20,21)(H,22,23). The Morgan fingerprint density at radius 3 is 2.38 bits per heavy atom. The summed E-state index contributed by atoms with van der Waals surface area (Å²) in [5.41, 5.74) is 1.08. The van der Waals surface area contributed by atoms with Gasteiger partial charge in [0.05, 0.1) is 24.5 Å². The first-order valence-corrected chi connectivity index (χ1v) is 7.29. The Morgan fingerprint density at radius 1 is 1.21 bits per heavy atom. The molecule has 0 spiro atoms. The molecule has 0 bridgehead atoms. The molecule has 0 radical (unpaired) electrons. The number of carbonyl (C=O) groups is 3. The quantitative estimate of drug-likeness (QED) is 0.577. The number of rotatable bonds is 6. The highest BCUT2D eigenvalue weighted by atomic mass is 16.5. The fraction of sp³-hybridized carbons (Fsp3) is 0.375. The number of carboxylic acid groups (broad SMARTS) is 2. The van der Waals surface area contributed by atoms with Crippen LogP contribution in [-0.2, 0) is 14.3 Å². The van der Waals surface area contributed by atoms with Crippen LogP contribution in [0.3, 0.4) is 0 Å². The molecule has 0 atom stereocenters. The number of nitriles is 1. The van der Waals surface area contributed by atoms with Crippen LogP contribution in [0, 0.1) is 17.2 Å². The zero-order valence-electron chi connectivity index (χ0n) is 12.8. The van der Waals surface area contributed by atoms with E-state index in [-0.39, 0.29) is 11.1 Å². The molecule has 1 aliphatic rings. The molecule has 1 fully saturated rings. The van der Waals surface area contributed by atoms with Crippen LogP contribution in [0.2, 0.25) is 0 Å². The van der Waals surface area contributed by atoms with Crippen LogP contribution in [0.1, 0.15) is 22.3 Å². The van der Waals surface area contributed by atoms with E-state index in [1.165, 1.54) is 12.1 Å². The highest BCUT2D eigenvalue weighted by molar-refractivity contribution is 6.03. The van der Waals surface area contributed by atoms with E-state index in [0.29, 0.717) is 32.0 Å². The third-order valence-electron chi connectivity index (χ3n) is 3.78. The highest BCUT2D eigenvalue weighted by Gasteiger charge is 2.29. The lowest BCUT2D eigenvalue weighted by molar-refractivity contribution is -0.154. The van der Waals surface area contributed by atoms with Crippen molar-refractivity contribution in [3.63, 3.8) is 0 Å². The van der Waals surface area contributed by atoms with Crippen molar-refractivity contribution in [3.05, 3.63) is 29.3 Å². The first-order chi connectivity index (χ1) is 11.4. The van der Waals surface area contributed by atoms with Crippen LogP contribution < -0.4 is 4.90 Å². The fourth-order valence-electron chi connectivity index (χ4n) is 2.46. The summed E-state index contributed by atoms with van der Waals surface area (Å²) >= 11 is 0. The molecule has 1 aromatic rings. The van der Waals surface area contributed by atoms with Crippen molar-refractivity contribution in [2.45, 2.75) is 6.42 Å². The number of morpholine rings is 1. The van der Waals surface area contributed by atoms with Crippen molar-refractivity contribution in [2.75, 3.05) is 31.2 Å². The van der Waals surface area contributed by atoms with Crippen molar-refractivity contribution in [1.29, 1.82) is 5.26 Å². The van der Waals surface area contributed by atoms with Gasteiger partial charge in [-0.2, -0.15) is 5.26 Å². The van der Waals surface area contributed by atoms with Crippen LogP contribution in [-0.4, -0.2) is 54.2 Å². The number of carbonyl (C=O) groups excluding carboxylic acids is 1. The molecule has 1 aliphatic heterocycles. The van der Waals surface area contributed by atoms with Crippen LogP contribution in [0.15, 0.2) is 18.2 Å². The van der Waals surface area contributed by atoms with Gasteiger partial charge in [-0.25, -0.2) is 0 Å². The lowest BCUT2D eigenvalue weighted by Gasteiger charge is -2.29. The van der Waals surface area contributed by atoms with Crippen molar-refractivity contribution in [3.8, 4) is 6.07 Å². The van der Waals surface area contributed by atoms with Gasteiger partial charge in [0.2, 0.25) is 0 Å². The number of anilines is 1. The predicted octanol–water partition coefficient (Wildman–Crippen LogP) is 0.753. The van der Waals surface area contributed by atoms with E-state index in [1.807, 2.05) is 11.0 Å². The minimum atomic E-state index is -1.80. The third kappa shape index (κ3) is 3.88. The van der Waals surface area contributed by atoms with E-state index in [2.05, 4.69) is 0 Å². The third-order valence-corrected chi connectivity index (χ3v) is 3.78. The molecule has 0 amide bonds. The molecule has 8 nitrogen and oxygen atoms in total. The Bertz CT molecular complexity index is 689. The lowest BCUT2D eigenvalue weighted by Crippen LogP contribution is -2.36. The van der Waals surface area contributed by atoms with E-state index in [4.69, 9.17) is 14.9 Å². The van der Waals surface area contributed by atoms with E-state index in [9.17, 15) is 19.6 Å². The first-order valence-electron chi connectivity index (χ1n) is 7.29. The van der Waals surface area contributed by atoms with Gasteiger partial charge in [-0.1, -0.05) is 0 Å². The van der Waals surface area contributed by atoms with E-state index < -0.39 is 30.1 Å². The molecular weight excluding hydrogens is 316 g/mol. The van der Waals surface area contributed by atoms with Crippen molar-refractivity contribution >= 4 is 23.4 Å². The van der Waals surface area contributed by atoms with Gasteiger partial charge in [-0.05, 0) is 18.2 Å². The molecule has 8 heteroatoms. The molecule has 0 saturated carbocycles. The van der Waals surface area contributed by atoms with Crippen molar-refractivity contribution in [1.82, 2.24) is 0 Å². The number of hydrogen-bond acceptors (Lipinski definition) is 6. The minimum absolute atomic E-state index is 0.121. The van der Waals surface area contributed by atoms with Gasteiger partial charge in [-0.3, -0.25) is 14.4 Å². The molecule has 2 N–H and O–H groups in total. The van der Waals surface area contributed by atoms with E-state index in [0.717, 1.165) is 0 Å². The average molecular weight is 332 g/mol. The smallest absolute Gasteiger partial charge is 0.318 e. The van der Waals surface area contributed by atoms with Gasteiger partial charge >= 0.3 is 11.9 Å². The van der Waals surface area contributed by atoms with Crippen LogP contribution >= 0.6 is 0 Å². The maximum Gasteiger partial charge on any atom is 0.318 e. The summed E-state index contributed by atoms with van der Waals surface area (Å²) in [5, 5.41) is 27.0. The molecule has 0 aromatic heterocycles. The molecule has 24 heavy (non-hydrogen) atoms. The van der Waals surface area contributed by atoms with Gasteiger partial charge in [0.1, 0.15) is 6.07 Å². The normalized spacial score (nSPS) is 14.2. The van der Waals surface area contributed by atoms with E-state index >= 15 is 0 Å². The van der Waals surface area contributed by atoms with Crippen molar-refractivity contribution in [2.24, 2.45) is 5.92 Å². The Kier molecular flexibility index (Phi) is 5.50. The largest absolute Gasteiger partial charge is 0.481 e. The molecular formula is C16H16N2O6. The summed E-state index contributed by atoms with van der Waals surface area (Å²) in [6, 6.07) is 6.49. The number of benzene rings is 1. The van der Waals surface area contributed by atoms with Gasteiger partial charge in [0.25, 0.3) is 0 Å². The summed E-state index contributed by atoms with van der Waals surface area (Å²) in [4.78, 5) is 35.9. The summed E-state index contributed by atoms with van der Waals surface area (Å²) in [7, 11) is 0. The molecule has 0 aliphatic carbocycles. The number of ketones is 1. The van der Waals surface area contributed by atoms with Crippen LogP contribution in [0.25, 0.3) is 0 Å². The maximum absolute atomic E-state index is 12.2. The lowest BCUT2D eigenvalue weighted by atomic mass is 9.96.